The first-order valence-corrected chi connectivity index (χ1v) is 6.58. The van der Waals surface area contributed by atoms with Crippen LogP contribution in [0.4, 0.5) is 0 Å². The lowest BCUT2D eigenvalue weighted by Crippen LogP contribution is -2.37. The van der Waals surface area contributed by atoms with Gasteiger partial charge in [-0.1, -0.05) is 6.42 Å². The van der Waals surface area contributed by atoms with Crippen molar-refractivity contribution < 1.29 is 9.90 Å². The maximum atomic E-state index is 10.8. The van der Waals surface area contributed by atoms with Gasteiger partial charge in [0.2, 0.25) is 0 Å². The Kier molecular flexibility index (Phi) is 5.33. The Morgan fingerprint density at radius 1 is 1.57 bits per heavy atom. The highest BCUT2D eigenvalue weighted by atomic mass is 32.2. The Morgan fingerprint density at radius 2 is 2.36 bits per heavy atom. The molecule has 14 heavy (non-hydrogen) atoms. The lowest BCUT2D eigenvalue weighted by atomic mass is 9.86. The molecule has 1 fully saturated rings. The van der Waals surface area contributed by atoms with E-state index in [9.17, 15) is 4.79 Å². The molecule has 4 heteroatoms. The number of thioether (sulfide) groups is 1. The van der Waals surface area contributed by atoms with E-state index in [2.05, 4.69) is 11.6 Å². The van der Waals surface area contributed by atoms with Crippen LogP contribution in [0, 0.1) is 5.92 Å². The largest absolute Gasteiger partial charge is 0.481 e. The van der Waals surface area contributed by atoms with Crippen molar-refractivity contribution in [1.29, 1.82) is 0 Å². The van der Waals surface area contributed by atoms with E-state index >= 15 is 0 Å². The van der Waals surface area contributed by atoms with Crippen LogP contribution in [0.5, 0.6) is 0 Å². The Labute approximate surface area is 89.6 Å². The number of rotatable bonds is 5. The molecule has 0 radical (unpaired) electrons. The molecule has 0 aromatic carbocycles. The molecule has 1 saturated carbocycles. The quantitative estimate of drug-likeness (QED) is 0.687. The molecule has 0 aliphatic heterocycles. The number of aliphatic carboxylic acids is 1. The molecule has 0 saturated heterocycles. The van der Waals surface area contributed by atoms with Crippen LogP contribution >= 0.6 is 11.8 Å². The fourth-order valence-corrected chi connectivity index (χ4v) is 2.29. The zero-order valence-corrected chi connectivity index (χ0v) is 9.48. The molecule has 0 amide bonds. The highest BCUT2D eigenvalue weighted by Gasteiger charge is 2.26. The minimum absolute atomic E-state index is 0.115. The minimum atomic E-state index is -0.624. The molecular weight excluding hydrogens is 198 g/mol. The van der Waals surface area contributed by atoms with Crippen LogP contribution < -0.4 is 5.32 Å². The highest BCUT2D eigenvalue weighted by molar-refractivity contribution is 7.98. The van der Waals surface area contributed by atoms with Crippen molar-refractivity contribution in [1.82, 2.24) is 5.32 Å². The van der Waals surface area contributed by atoms with E-state index in [1.165, 1.54) is 0 Å². The minimum Gasteiger partial charge on any atom is -0.481 e. The smallest absolute Gasteiger partial charge is 0.306 e. The standard InChI is InChI=1S/C10H19NO2S/c1-14-6-5-11-9-4-2-3-8(7-9)10(12)13/h8-9,11H,2-7H2,1H3,(H,12,13). The van der Waals surface area contributed by atoms with Crippen molar-refractivity contribution in [3.63, 3.8) is 0 Å². The van der Waals surface area contributed by atoms with Crippen molar-refractivity contribution in [3.8, 4) is 0 Å². The summed E-state index contributed by atoms with van der Waals surface area (Å²) in [6.07, 6.45) is 5.94. The van der Waals surface area contributed by atoms with Crippen LogP contribution in [-0.4, -0.2) is 35.7 Å². The molecule has 2 atom stereocenters. The zero-order chi connectivity index (χ0) is 10.4. The maximum absolute atomic E-state index is 10.8. The third-order valence-electron chi connectivity index (χ3n) is 2.76. The SMILES string of the molecule is CSCCNC1CCCC(C(=O)O)C1. The summed E-state index contributed by atoms with van der Waals surface area (Å²) in [5.74, 6) is 0.366. The fourth-order valence-electron chi connectivity index (χ4n) is 1.96. The Balaban J connectivity index is 2.22. The number of hydrogen-bond donors (Lipinski definition) is 2. The summed E-state index contributed by atoms with van der Waals surface area (Å²) in [7, 11) is 0. The summed E-state index contributed by atoms with van der Waals surface area (Å²) in [5.41, 5.74) is 0. The summed E-state index contributed by atoms with van der Waals surface area (Å²) in [4.78, 5) is 10.8. The lowest BCUT2D eigenvalue weighted by Gasteiger charge is -2.27. The predicted molar refractivity (Wildman–Crippen MR) is 59.8 cm³/mol. The van der Waals surface area contributed by atoms with E-state index < -0.39 is 5.97 Å². The van der Waals surface area contributed by atoms with Gasteiger partial charge in [-0.3, -0.25) is 4.79 Å². The van der Waals surface area contributed by atoms with Gasteiger partial charge in [0.25, 0.3) is 0 Å². The van der Waals surface area contributed by atoms with E-state index in [-0.39, 0.29) is 5.92 Å². The second-order valence-electron chi connectivity index (χ2n) is 3.85. The van der Waals surface area contributed by atoms with Crippen LogP contribution in [0.15, 0.2) is 0 Å². The average Bonchev–Trinajstić information content (AvgIpc) is 2.19. The molecule has 0 heterocycles. The van der Waals surface area contributed by atoms with Gasteiger partial charge in [-0.15, -0.1) is 0 Å². The molecule has 3 nitrogen and oxygen atoms in total. The van der Waals surface area contributed by atoms with Crippen molar-refractivity contribution in [2.24, 2.45) is 5.92 Å². The molecule has 2 N–H and O–H groups in total. The molecule has 0 aromatic rings. The van der Waals surface area contributed by atoms with Gasteiger partial charge in [0.05, 0.1) is 5.92 Å². The first-order valence-electron chi connectivity index (χ1n) is 5.19. The van der Waals surface area contributed by atoms with Gasteiger partial charge >= 0.3 is 5.97 Å². The van der Waals surface area contributed by atoms with Gasteiger partial charge in [0.15, 0.2) is 0 Å². The third-order valence-corrected chi connectivity index (χ3v) is 3.38. The van der Waals surface area contributed by atoms with Crippen LogP contribution in [0.2, 0.25) is 0 Å². The zero-order valence-electron chi connectivity index (χ0n) is 8.66. The van der Waals surface area contributed by atoms with Crippen molar-refractivity contribution in [2.75, 3.05) is 18.6 Å². The van der Waals surface area contributed by atoms with E-state index in [1.807, 2.05) is 11.8 Å². The summed E-state index contributed by atoms with van der Waals surface area (Å²) < 4.78 is 0. The first-order chi connectivity index (χ1) is 6.74. The van der Waals surface area contributed by atoms with Gasteiger partial charge in [0, 0.05) is 18.3 Å². The van der Waals surface area contributed by atoms with E-state index in [0.29, 0.717) is 6.04 Å². The maximum Gasteiger partial charge on any atom is 0.306 e. The second kappa shape index (κ2) is 6.30. The highest BCUT2D eigenvalue weighted by Crippen LogP contribution is 2.24. The molecule has 0 spiro atoms. The predicted octanol–water partition coefficient (Wildman–Crippen LogP) is 1.58. The second-order valence-corrected chi connectivity index (χ2v) is 4.83. The molecule has 2 unspecified atom stereocenters. The normalized spacial score (nSPS) is 27.5. The molecule has 0 aromatic heterocycles. The van der Waals surface area contributed by atoms with Crippen molar-refractivity contribution in [2.45, 2.75) is 31.7 Å². The van der Waals surface area contributed by atoms with Crippen LogP contribution in [-0.2, 0) is 4.79 Å². The summed E-state index contributed by atoms with van der Waals surface area (Å²) in [6, 6.07) is 0.428. The van der Waals surface area contributed by atoms with Gasteiger partial charge in [0.1, 0.15) is 0 Å². The van der Waals surface area contributed by atoms with Crippen molar-refractivity contribution in [3.05, 3.63) is 0 Å². The first kappa shape index (κ1) is 11.9. The average molecular weight is 217 g/mol. The lowest BCUT2D eigenvalue weighted by molar-refractivity contribution is -0.143. The number of carboxylic acids is 1. The van der Waals surface area contributed by atoms with Gasteiger partial charge in [-0.25, -0.2) is 0 Å². The Hall–Kier alpha value is -0.220. The molecule has 0 bridgehead atoms. The van der Waals surface area contributed by atoms with E-state index in [1.54, 1.807) is 0 Å². The number of hydrogen-bond acceptors (Lipinski definition) is 3. The number of carbonyl (C=O) groups is 1. The van der Waals surface area contributed by atoms with Gasteiger partial charge < -0.3 is 10.4 Å². The van der Waals surface area contributed by atoms with Crippen molar-refractivity contribution >= 4 is 17.7 Å². The number of carboxylic acid groups (broad SMARTS) is 1. The van der Waals surface area contributed by atoms with Crippen LogP contribution in [0.1, 0.15) is 25.7 Å². The molecule has 1 aliphatic rings. The number of nitrogens with one attached hydrogen (secondary N) is 1. The topological polar surface area (TPSA) is 49.3 Å². The Bertz CT molecular complexity index is 187. The molecule has 82 valence electrons. The molecular formula is C10H19NO2S. The third kappa shape index (κ3) is 3.88. The van der Waals surface area contributed by atoms with E-state index in [0.717, 1.165) is 38.0 Å². The summed E-state index contributed by atoms with van der Waals surface area (Å²) in [6.45, 7) is 0.998. The summed E-state index contributed by atoms with van der Waals surface area (Å²) >= 11 is 1.82. The Morgan fingerprint density at radius 3 is 3.00 bits per heavy atom. The van der Waals surface area contributed by atoms with Gasteiger partial charge in [-0.2, -0.15) is 11.8 Å². The van der Waals surface area contributed by atoms with Crippen LogP contribution in [0.25, 0.3) is 0 Å². The molecule has 1 rings (SSSR count). The monoisotopic (exact) mass is 217 g/mol. The van der Waals surface area contributed by atoms with E-state index in [4.69, 9.17) is 5.11 Å². The van der Waals surface area contributed by atoms with Gasteiger partial charge in [-0.05, 0) is 25.5 Å². The van der Waals surface area contributed by atoms with Crippen LogP contribution in [0.3, 0.4) is 0 Å². The summed E-state index contributed by atoms with van der Waals surface area (Å²) in [5, 5.41) is 12.3. The fraction of sp³-hybridized carbons (Fsp3) is 0.900. The molecule has 1 aliphatic carbocycles.